The minimum absolute atomic E-state index is 0.122. The minimum Gasteiger partial charge on any atom is -0.454 e. The van der Waals surface area contributed by atoms with E-state index in [1.54, 1.807) is 24.3 Å². The SMILES string of the molecule is CS(=O)(=O)N1CCc2cc(C(=O)COC(=O)c3ccc(CO)cc3)ccc21. The molecule has 2 aromatic carbocycles. The van der Waals surface area contributed by atoms with Gasteiger partial charge in [0.25, 0.3) is 0 Å². The first kappa shape index (κ1) is 19.1. The number of rotatable bonds is 6. The molecular weight excluding hydrogens is 370 g/mol. The van der Waals surface area contributed by atoms with Gasteiger partial charge in [0.2, 0.25) is 10.0 Å². The van der Waals surface area contributed by atoms with Gasteiger partial charge in [0, 0.05) is 12.1 Å². The number of ether oxygens (including phenoxy) is 1. The largest absolute Gasteiger partial charge is 0.454 e. The van der Waals surface area contributed by atoms with Crippen LogP contribution in [0, 0.1) is 0 Å². The number of ketones is 1. The summed E-state index contributed by atoms with van der Waals surface area (Å²) in [6.45, 7) is -0.178. The quantitative estimate of drug-likeness (QED) is 0.594. The molecule has 0 saturated carbocycles. The van der Waals surface area contributed by atoms with Gasteiger partial charge in [0.15, 0.2) is 12.4 Å². The molecule has 3 rings (SSSR count). The van der Waals surface area contributed by atoms with Gasteiger partial charge in [-0.15, -0.1) is 0 Å². The smallest absolute Gasteiger partial charge is 0.338 e. The van der Waals surface area contributed by atoms with E-state index in [0.29, 0.717) is 29.8 Å². The number of aliphatic hydroxyl groups is 1. The van der Waals surface area contributed by atoms with Crippen molar-refractivity contribution in [3.05, 3.63) is 64.7 Å². The number of sulfonamides is 1. The van der Waals surface area contributed by atoms with Crippen LogP contribution in [0.25, 0.3) is 0 Å². The molecule has 0 unspecified atom stereocenters. The van der Waals surface area contributed by atoms with Crippen molar-refractivity contribution in [3.63, 3.8) is 0 Å². The molecule has 27 heavy (non-hydrogen) atoms. The second kappa shape index (κ2) is 7.50. The predicted octanol–water partition coefficient (Wildman–Crippen LogP) is 1.54. The second-order valence-electron chi connectivity index (χ2n) is 6.28. The summed E-state index contributed by atoms with van der Waals surface area (Å²) >= 11 is 0. The van der Waals surface area contributed by atoms with Gasteiger partial charge < -0.3 is 9.84 Å². The zero-order valence-electron chi connectivity index (χ0n) is 14.7. The summed E-state index contributed by atoms with van der Waals surface area (Å²) in [6.07, 6.45) is 1.67. The molecule has 1 aliphatic heterocycles. The van der Waals surface area contributed by atoms with Crippen molar-refractivity contribution in [1.29, 1.82) is 0 Å². The van der Waals surface area contributed by atoms with Gasteiger partial charge in [0.1, 0.15) is 0 Å². The zero-order chi connectivity index (χ0) is 19.6. The highest BCUT2D eigenvalue weighted by atomic mass is 32.2. The van der Waals surface area contributed by atoms with Crippen molar-refractivity contribution < 1.29 is 27.9 Å². The van der Waals surface area contributed by atoms with E-state index in [0.717, 1.165) is 11.8 Å². The number of esters is 1. The van der Waals surface area contributed by atoms with Crippen LogP contribution in [-0.2, 0) is 27.8 Å². The number of Topliss-reactive ketones (excluding diaryl/α,β-unsaturated/α-hetero) is 1. The molecule has 8 heteroatoms. The lowest BCUT2D eigenvalue weighted by Gasteiger charge is -2.16. The molecule has 0 bridgehead atoms. The third-order valence-electron chi connectivity index (χ3n) is 4.36. The fourth-order valence-corrected chi connectivity index (χ4v) is 3.89. The van der Waals surface area contributed by atoms with E-state index in [1.807, 2.05) is 0 Å². The van der Waals surface area contributed by atoms with Gasteiger partial charge in [0.05, 0.1) is 24.1 Å². The number of carbonyl (C=O) groups is 2. The van der Waals surface area contributed by atoms with Crippen LogP contribution in [0.4, 0.5) is 5.69 Å². The second-order valence-corrected chi connectivity index (χ2v) is 8.19. The number of hydrogen-bond donors (Lipinski definition) is 1. The van der Waals surface area contributed by atoms with E-state index in [2.05, 4.69) is 0 Å². The first-order valence-corrected chi connectivity index (χ1v) is 10.1. The van der Waals surface area contributed by atoms with Crippen molar-refractivity contribution in [2.24, 2.45) is 0 Å². The molecule has 142 valence electrons. The predicted molar refractivity (Wildman–Crippen MR) is 99.3 cm³/mol. The minimum atomic E-state index is -3.34. The highest BCUT2D eigenvalue weighted by Crippen LogP contribution is 2.30. The zero-order valence-corrected chi connectivity index (χ0v) is 15.5. The number of aliphatic hydroxyl groups excluding tert-OH is 1. The summed E-state index contributed by atoms with van der Waals surface area (Å²) in [7, 11) is -3.34. The lowest BCUT2D eigenvalue weighted by molar-refractivity contribution is 0.0474. The summed E-state index contributed by atoms with van der Waals surface area (Å²) in [4.78, 5) is 24.3. The number of benzene rings is 2. The van der Waals surface area contributed by atoms with Crippen LogP contribution in [-0.4, -0.2) is 44.7 Å². The van der Waals surface area contributed by atoms with Gasteiger partial charge in [-0.1, -0.05) is 12.1 Å². The fourth-order valence-electron chi connectivity index (χ4n) is 2.93. The maximum Gasteiger partial charge on any atom is 0.338 e. The third kappa shape index (κ3) is 4.17. The summed E-state index contributed by atoms with van der Waals surface area (Å²) in [5.74, 6) is -0.992. The van der Waals surface area contributed by atoms with Crippen LogP contribution in [0.5, 0.6) is 0 Å². The van der Waals surface area contributed by atoms with Gasteiger partial charge in [-0.2, -0.15) is 0 Å². The number of carbonyl (C=O) groups excluding carboxylic acids is 2. The lowest BCUT2D eigenvalue weighted by atomic mass is 10.1. The highest BCUT2D eigenvalue weighted by Gasteiger charge is 2.26. The van der Waals surface area contributed by atoms with Crippen LogP contribution in [0.15, 0.2) is 42.5 Å². The monoisotopic (exact) mass is 389 g/mol. The van der Waals surface area contributed by atoms with Crippen molar-refractivity contribution in [2.45, 2.75) is 13.0 Å². The van der Waals surface area contributed by atoms with Crippen LogP contribution >= 0.6 is 0 Å². The van der Waals surface area contributed by atoms with E-state index >= 15 is 0 Å². The Balaban J connectivity index is 1.66. The number of anilines is 1. The van der Waals surface area contributed by atoms with Crippen LogP contribution in [0.3, 0.4) is 0 Å². The maximum atomic E-state index is 12.3. The molecule has 0 saturated heterocycles. The molecule has 1 aliphatic rings. The molecule has 1 heterocycles. The molecule has 0 spiro atoms. The summed E-state index contributed by atoms with van der Waals surface area (Å²) < 4.78 is 29.9. The Labute approximate surface area is 157 Å². The molecule has 2 aromatic rings. The van der Waals surface area contributed by atoms with E-state index in [1.165, 1.54) is 22.5 Å². The number of nitrogens with zero attached hydrogens (tertiary/aromatic N) is 1. The van der Waals surface area contributed by atoms with Gasteiger partial charge in [-0.25, -0.2) is 13.2 Å². The molecule has 0 fully saturated rings. The lowest BCUT2D eigenvalue weighted by Crippen LogP contribution is -2.27. The van der Waals surface area contributed by atoms with Crippen LogP contribution in [0.2, 0.25) is 0 Å². The third-order valence-corrected chi connectivity index (χ3v) is 5.54. The number of hydrogen-bond acceptors (Lipinski definition) is 6. The van der Waals surface area contributed by atoms with Crippen molar-refractivity contribution in [3.8, 4) is 0 Å². The van der Waals surface area contributed by atoms with Crippen molar-refractivity contribution in [1.82, 2.24) is 0 Å². The topological polar surface area (TPSA) is 101 Å². The highest BCUT2D eigenvalue weighted by molar-refractivity contribution is 7.92. The Morgan fingerprint density at radius 1 is 1.11 bits per heavy atom. The Morgan fingerprint density at radius 3 is 2.41 bits per heavy atom. The van der Waals surface area contributed by atoms with Crippen molar-refractivity contribution >= 4 is 27.5 Å². The van der Waals surface area contributed by atoms with Gasteiger partial charge in [-0.3, -0.25) is 9.10 Å². The van der Waals surface area contributed by atoms with Gasteiger partial charge in [-0.05, 0) is 47.9 Å². The average Bonchev–Trinajstić information content (AvgIpc) is 3.09. The summed E-state index contributed by atoms with van der Waals surface area (Å²) in [5, 5.41) is 9.00. The van der Waals surface area contributed by atoms with E-state index < -0.39 is 22.6 Å². The van der Waals surface area contributed by atoms with Crippen LogP contribution < -0.4 is 4.31 Å². The van der Waals surface area contributed by atoms with E-state index in [-0.39, 0.29) is 18.0 Å². The Bertz CT molecular complexity index is 982. The summed E-state index contributed by atoms with van der Waals surface area (Å²) in [5.41, 5.74) is 2.68. The first-order valence-electron chi connectivity index (χ1n) is 8.30. The Kier molecular flexibility index (Phi) is 5.29. The van der Waals surface area contributed by atoms with Gasteiger partial charge >= 0.3 is 5.97 Å². The molecule has 0 aromatic heterocycles. The Hall–Kier alpha value is -2.71. The van der Waals surface area contributed by atoms with E-state index in [4.69, 9.17) is 9.84 Å². The molecule has 0 atom stereocenters. The molecule has 7 nitrogen and oxygen atoms in total. The Morgan fingerprint density at radius 2 is 1.78 bits per heavy atom. The molecule has 0 amide bonds. The standard InChI is InChI=1S/C19H19NO6S/c1-27(24,25)20-9-8-15-10-16(6-7-17(15)20)18(22)12-26-19(23)14-4-2-13(11-21)3-5-14/h2-7,10,21H,8-9,11-12H2,1H3. The first-order chi connectivity index (χ1) is 12.8. The van der Waals surface area contributed by atoms with E-state index in [9.17, 15) is 18.0 Å². The molecule has 0 radical (unpaired) electrons. The fraction of sp³-hybridized carbons (Fsp3) is 0.263. The summed E-state index contributed by atoms with van der Waals surface area (Å²) in [6, 6.07) is 11.0. The average molecular weight is 389 g/mol. The van der Waals surface area contributed by atoms with Crippen molar-refractivity contribution in [2.75, 3.05) is 23.7 Å². The van der Waals surface area contributed by atoms with Crippen LogP contribution in [0.1, 0.15) is 31.8 Å². The normalized spacial score (nSPS) is 13.3. The number of fused-ring (bicyclic) bond motifs is 1. The molecular formula is C19H19NO6S. The maximum absolute atomic E-state index is 12.3. The molecule has 0 aliphatic carbocycles. The molecule has 1 N–H and O–H groups in total.